The molecule has 0 saturated carbocycles. The zero-order valence-electron chi connectivity index (χ0n) is 57.0. The first-order valence-corrected chi connectivity index (χ1v) is 35.4. The number of fused-ring (bicyclic) bond motifs is 12. The molecule has 0 amide bonds. The van der Waals surface area contributed by atoms with Crippen LogP contribution in [0, 0.1) is 0 Å². The topological polar surface area (TPSA) is 16.3 Å². The average Bonchev–Trinajstić information content (AvgIpc) is 1.04. The summed E-state index contributed by atoms with van der Waals surface area (Å²) in [4.78, 5) is 5.20. The van der Waals surface area contributed by atoms with E-state index in [-0.39, 0.29) is 5.41 Å². The SMILES string of the molecule is CC(C)(C)c1cc(N(c2cccc(-n3c4ccccc4c4ccccc43)c2)c2c(-c3ccccc3)cccc2-c2ccccc2)cc(N(c2cccc(-n3c4ccccc4c4ccccc43)c2)c2c(-c3cc4ccccc4c4ccccc34)cccc2-c2cc3ccccc3c3ccccc23)c1. The van der Waals surface area contributed by atoms with E-state index in [1.165, 1.54) is 70.2 Å². The van der Waals surface area contributed by atoms with Crippen LogP contribution in [0.1, 0.15) is 26.3 Å². The molecule has 17 aromatic carbocycles. The van der Waals surface area contributed by atoms with E-state index >= 15 is 0 Å². The quantitative estimate of drug-likeness (QED) is 0.113. The number of para-hydroxylation sites is 6. The molecule has 482 valence electrons. The second-order valence-corrected chi connectivity index (χ2v) is 28.0. The fraction of sp³-hybridized carbons (Fsp3) is 0.0408. The van der Waals surface area contributed by atoms with Gasteiger partial charge >= 0.3 is 0 Å². The highest BCUT2D eigenvalue weighted by molar-refractivity contribution is 6.19. The Morgan fingerprint density at radius 2 is 0.529 bits per heavy atom. The predicted molar refractivity (Wildman–Crippen MR) is 435 cm³/mol. The fourth-order valence-corrected chi connectivity index (χ4v) is 16.3. The molecule has 0 N–H and O–H groups in total. The molecule has 0 aliphatic carbocycles. The van der Waals surface area contributed by atoms with Crippen LogP contribution in [0.3, 0.4) is 0 Å². The lowest BCUT2D eigenvalue weighted by Crippen LogP contribution is -2.19. The molecule has 0 atom stereocenters. The standard InChI is InChI=1S/C98H70N4/c1-98(2,3)69-60-74(99(96-78(65-30-6-4-7-31-65)50-28-51-79(96)66-32-8-5-9-33-66)70-36-26-38-72(62-70)101-92-54-22-18-46-84(92)85-47-19-23-55-93(85)101)64-75(61-69)100(71-37-27-39-73(63-71)102-94-56-24-20-48-86(94)87-49-21-25-57-95(87)102)97-88(90-58-67-34-10-12-40-76(67)80-42-14-16-44-82(80)90)52-29-53-89(97)91-59-68-35-11-13-41-77(68)81-43-15-17-45-83(81)91/h4-64H,1-3H3. The molecule has 102 heavy (non-hydrogen) atoms. The lowest BCUT2D eigenvalue weighted by atomic mass is 9.85. The van der Waals surface area contributed by atoms with E-state index < -0.39 is 0 Å². The summed E-state index contributed by atoms with van der Waals surface area (Å²) in [6.07, 6.45) is 0. The van der Waals surface area contributed by atoms with Crippen LogP contribution in [0.15, 0.2) is 370 Å². The fourth-order valence-electron chi connectivity index (χ4n) is 16.3. The van der Waals surface area contributed by atoms with Gasteiger partial charge in [-0.25, -0.2) is 0 Å². The molecule has 0 unspecified atom stereocenters. The maximum absolute atomic E-state index is 2.63. The van der Waals surface area contributed by atoms with Crippen LogP contribution in [-0.4, -0.2) is 9.13 Å². The first-order chi connectivity index (χ1) is 50.3. The molecule has 0 spiro atoms. The molecule has 4 nitrogen and oxygen atoms in total. The lowest BCUT2D eigenvalue weighted by Gasteiger charge is -2.35. The van der Waals surface area contributed by atoms with Gasteiger partial charge in [0.15, 0.2) is 0 Å². The van der Waals surface area contributed by atoms with Crippen LogP contribution in [0.25, 0.3) is 143 Å². The van der Waals surface area contributed by atoms with Crippen LogP contribution < -0.4 is 9.80 Å². The van der Waals surface area contributed by atoms with Crippen molar-refractivity contribution in [2.45, 2.75) is 26.2 Å². The summed E-state index contributed by atoms with van der Waals surface area (Å²) in [6.45, 7) is 7.10. The molecule has 0 bridgehead atoms. The number of benzene rings is 17. The number of anilines is 6. The molecule has 2 heterocycles. The van der Waals surface area contributed by atoms with Crippen molar-refractivity contribution in [3.8, 4) is 55.9 Å². The molecule has 0 saturated heterocycles. The Bertz CT molecular complexity index is 6200. The van der Waals surface area contributed by atoms with E-state index in [4.69, 9.17) is 0 Å². The first-order valence-electron chi connectivity index (χ1n) is 35.4. The minimum absolute atomic E-state index is 0.371. The molecule has 0 aliphatic heterocycles. The van der Waals surface area contributed by atoms with Crippen LogP contribution >= 0.6 is 0 Å². The number of hydrogen-bond donors (Lipinski definition) is 0. The largest absolute Gasteiger partial charge is 0.309 e. The lowest BCUT2D eigenvalue weighted by molar-refractivity contribution is 0.590. The van der Waals surface area contributed by atoms with E-state index in [1.807, 2.05) is 0 Å². The van der Waals surface area contributed by atoms with Gasteiger partial charge in [0.2, 0.25) is 0 Å². The zero-order chi connectivity index (χ0) is 68.0. The highest BCUT2D eigenvalue weighted by Crippen LogP contribution is 2.55. The van der Waals surface area contributed by atoms with Gasteiger partial charge in [0.05, 0.1) is 33.4 Å². The van der Waals surface area contributed by atoms with Crippen LogP contribution in [0.2, 0.25) is 0 Å². The highest BCUT2D eigenvalue weighted by atomic mass is 15.2. The summed E-state index contributed by atoms with van der Waals surface area (Å²) in [7, 11) is 0. The minimum atomic E-state index is -0.371. The monoisotopic (exact) mass is 1300 g/mol. The molecule has 0 fully saturated rings. The molecular formula is C98H70N4. The summed E-state index contributed by atoms with van der Waals surface area (Å²) in [6, 6.07) is 138. The van der Waals surface area contributed by atoms with Crippen molar-refractivity contribution in [1.82, 2.24) is 9.13 Å². The summed E-state index contributed by atoms with van der Waals surface area (Å²) < 4.78 is 4.91. The summed E-state index contributed by atoms with van der Waals surface area (Å²) >= 11 is 0. The van der Waals surface area contributed by atoms with Gasteiger partial charge in [-0.05, 0) is 167 Å². The van der Waals surface area contributed by atoms with Crippen molar-refractivity contribution in [2.24, 2.45) is 0 Å². The third kappa shape index (κ3) is 10.0. The van der Waals surface area contributed by atoms with Crippen LogP contribution in [0.5, 0.6) is 0 Å². The number of nitrogens with zero attached hydrogens (tertiary/aromatic N) is 4. The Kier molecular flexibility index (Phi) is 14.4. The Morgan fingerprint density at radius 1 is 0.216 bits per heavy atom. The molecule has 0 aliphatic rings. The first kappa shape index (κ1) is 60.2. The number of rotatable bonds is 12. The Morgan fingerprint density at radius 3 is 0.922 bits per heavy atom. The van der Waals surface area contributed by atoms with E-state index in [0.29, 0.717) is 0 Å². The third-order valence-electron chi connectivity index (χ3n) is 20.9. The Hall–Kier alpha value is -13.0. The van der Waals surface area contributed by atoms with Crippen molar-refractivity contribution in [3.05, 3.63) is 376 Å². The summed E-state index contributed by atoms with van der Waals surface area (Å²) in [5.41, 5.74) is 22.6. The van der Waals surface area contributed by atoms with E-state index in [0.717, 1.165) is 112 Å². The predicted octanol–water partition coefficient (Wildman–Crippen LogP) is 27.4. The van der Waals surface area contributed by atoms with Crippen LogP contribution in [-0.2, 0) is 5.41 Å². The number of aromatic nitrogens is 2. The van der Waals surface area contributed by atoms with Gasteiger partial charge in [-0.3, -0.25) is 0 Å². The van der Waals surface area contributed by atoms with Crippen molar-refractivity contribution in [3.63, 3.8) is 0 Å². The van der Waals surface area contributed by atoms with Crippen molar-refractivity contribution in [1.29, 1.82) is 0 Å². The molecule has 2 aromatic heterocycles. The van der Waals surface area contributed by atoms with Gasteiger partial charge in [0.25, 0.3) is 0 Å². The normalized spacial score (nSPS) is 11.9. The smallest absolute Gasteiger partial charge is 0.0618 e. The van der Waals surface area contributed by atoms with E-state index in [9.17, 15) is 0 Å². The minimum Gasteiger partial charge on any atom is -0.309 e. The van der Waals surface area contributed by atoms with Crippen molar-refractivity contribution < 1.29 is 0 Å². The molecule has 4 heteroatoms. The van der Waals surface area contributed by atoms with Gasteiger partial charge in [-0.15, -0.1) is 0 Å². The van der Waals surface area contributed by atoms with Gasteiger partial charge in [-0.2, -0.15) is 0 Å². The van der Waals surface area contributed by atoms with Gasteiger partial charge in [-0.1, -0.05) is 300 Å². The van der Waals surface area contributed by atoms with Crippen molar-refractivity contribution in [2.75, 3.05) is 9.80 Å². The Balaban J connectivity index is 0.970. The molecular weight excluding hydrogens is 1230 g/mol. The average molecular weight is 1300 g/mol. The van der Waals surface area contributed by atoms with Gasteiger partial charge in [0.1, 0.15) is 0 Å². The maximum atomic E-state index is 2.63. The number of hydrogen-bond acceptors (Lipinski definition) is 2. The second-order valence-electron chi connectivity index (χ2n) is 28.0. The van der Waals surface area contributed by atoms with E-state index in [2.05, 4.69) is 410 Å². The highest BCUT2D eigenvalue weighted by Gasteiger charge is 2.31. The molecule has 19 aromatic rings. The van der Waals surface area contributed by atoms with E-state index in [1.54, 1.807) is 0 Å². The second kappa shape index (κ2) is 24.5. The molecule has 19 rings (SSSR count). The third-order valence-corrected chi connectivity index (χ3v) is 20.9. The summed E-state index contributed by atoms with van der Waals surface area (Å²) in [5, 5.41) is 14.4. The van der Waals surface area contributed by atoms with Gasteiger partial charge in [0, 0.05) is 77.9 Å². The van der Waals surface area contributed by atoms with Crippen LogP contribution in [0.4, 0.5) is 34.1 Å². The Labute approximate surface area is 593 Å². The van der Waals surface area contributed by atoms with Crippen molar-refractivity contribution >= 4 is 121 Å². The van der Waals surface area contributed by atoms with Gasteiger partial charge < -0.3 is 18.9 Å². The molecule has 0 radical (unpaired) electrons. The summed E-state index contributed by atoms with van der Waals surface area (Å²) in [5.74, 6) is 0. The zero-order valence-corrected chi connectivity index (χ0v) is 57.0. The maximum Gasteiger partial charge on any atom is 0.0618 e.